The van der Waals surface area contributed by atoms with E-state index >= 15 is 0 Å². The Morgan fingerprint density at radius 3 is 2.29 bits per heavy atom. The summed E-state index contributed by atoms with van der Waals surface area (Å²) in [6, 6.07) is 9.55. The van der Waals surface area contributed by atoms with E-state index in [4.69, 9.17) is 9.47 Å². The van der Waals surface area contributed by atoms with Crippen molar-refractivity contribution in [2.24, 2.45) is 0 Å². The van der Waals surface area contributed by atoms with Crippen LogP contribution in [0.3, 0.4) is 0 Å². The van der Waals surface area contributed by atoms with Gasteiger partial charge in [-0.1, -0.05) is 19.1 Å². The molecule has 2 aromatic rings. The van der Waals surface area contributed by atoms with Crippen molar-refractivity contribution in [2.45, 2.75) is 31.2 Å². The Morgan fingerprint density at radius 1 is 1.10 bits per heavy atom. The number of urea groups is 1. The lowest BCUT2D eigenvalue weighted by Gasteiger charge is -2.36. The molecular weight excluding hydrogens is 422 g/mol. The zero-order chi connectivity index (χ0) is 22.8. The highest BCUT2D eigenvalue weighted by Crippen LogP contribution is 2.39. The second kappa shape index (κ2) is 8.84. The third-order valence-corrected chi connectivity index (χ3v) is 6.72. The van der Waals surface area contributed by atoms with E-state index in [9.17, 15) is 18.0 Å². The van der Waals surface area contributed by atoms with Gasteiger partial charge in [0.05, 0.1) is 25.6 Å². The fraction of sp³-hybridized carbons (Fsp3) is 0.333. The van der Waals surface area contributed by atoms with Gasteiger partial charge in [-0.2, -0.15) is 4.31 Å². The van der Waals surface area contributed by atoms with Crippen LogP contribution in [0.4, 0.5) is 16.2 Å². The first-order valence-corrected chi connectivity index (χ1v) is 11.1. The Morgan fingerprint density at radius 2 is 1.71 bits per heavy atom. The van der Waals surface area contributed by atoms with Crippen LogP contribution in [0.15, 0.2) is 47.4 Å². The summed E-state index contributed by atoms with van der Waals surface area (Å²) in [4.78, 5) is 27.0. The van der Waals surface area contributed by atoms with Crippen LogP contribution in [0.2, 0.25) is 0 Å². The summed E-state index contributed by atoms with van der Waals surface area (Å²) in [5.74, 6) is 0.245. The molecule has 1 N–H and O–H groups in total. The number of para-hydroxylation sites is 1. The topological polar surface area (TPSA) is 105 Å². The normalized spacial score (nSPS) is 15.8. The maximum absolute atomic E-state index is 13.4. The van der Waals surface area contributed by atoms with Crippen LogP contribution in [-0.4, -0.2) is 47.2 Å². The van der Waals surface area contributed by atoms with Crippen LogP contribution < -0.4 is 24.0 Å². The molecule has 1 atom stereocenters. The number of amides is 3. The van der Waals surface area contributed by atoms with Gasteiger partial charge >= 0.3 is 6.03 Å². The van der Waals surface area contributed by atoms with Gasteiger partial charge in [-0.25, -0.2) is 13.2 Å². The van der Waals surface area contributed by atoms with Gasteiger partial charge in [-0.05, 0) is 25.5 Å². The van der Waals surface area contributed by atoms with E-state index in [1.807, 2.05) is 13.8 Å². The van der Waals surface area contributed by atoms with Crippen LogP contribution in [0, 0.1) is 0 Å². The van der Waals surface area contributed by atoms with E-state index in [0.29, 0.717) is 15.8 Å². The monoisotopic (exact) mass is 447 g/mol. The number of hydrogen-bond acceptors (Lipinski definition) is 6. The minimum Gasteiger partial charge on any atom is -0.497 e. The molecule has 31 heavy (non-hydrogen) atoms. The highest BCUT2D eigenvalue weighted by Gasteiger charge is 2.43. The third-order valence-electron chi connectivity index (χ3n) is 4.97. The van der Waals surface area contributed by atoms with Crippen LogP contribution in [0.1, 0.15) is 20.3 Å². The van der Waals surface area contributed by atoms with Gasteiger partial charge < -0.3 is 14.8 Å². The van der Waals surface area contributed by atoms with Crippen molar-refractivity contribution >= 4 is 33.3 Å². The van der Waals surface area contributed by atoms with E-state index in [2.05, 4.69) is 5.32 Å². The summed E-state index contributed by atoms with van der Waals surface area (Å²) in [7, 11) is -1.39. The van der Waals surface area contributed by atoms with Crippen molar-refractivity contribution in [3.63, 3.8) is 0 Å². The Bertz CT molecular complexity index is 1080. The van der Waals surface area contributed by atoms with E-state index < -0.39 is 16.1 Å². The number of ether oxygens (including phenoxy) is 2. The molecule has 1 aliphatic heterocycles. The predicted octanol–water partition coefficient (Wildman–Crippen LogP) is 2.75. The molecular formula is C21H25N3O6S. The van der Waals surface area contributed by atoms with Crippen LogP contribution >= 0.6 is 0 Å². The number of sulfonamides is 1. The van der Waals surface area contributed by atoms with Gasteiger partial charge in [0.1, 0.15) is 22.9 Å². The average molecular weight is 448 g/mol. The van der Waals surface area contributed by atoms with E-state index in [-0.39, 0.29) is 34.8 Å². The smallest absolute Gasteiger partial charge is 0.343 e. The summed E-state index contributed by atoms with van der Waals surface area (Å²) in [6.07, 6.45) is 0.723. The molecule has 0 spiro atoms. The molecule has 0 fully saturated rings. The van der Waals surface area contributed by atoms with Crippen LogP contribution in [0.5, 0.6) is 11.5 Å². The molecule has 0 aromatic heterocycles. The zero-order valence-corrected chi connectivity index (χ0v) is 18.6. The van der Waals surface area contributed by atoms with Crippen molar-refractivity contribution in [3.05, 3.63) is 42.5 Å². The first-order valence-electron chi connectivity index (χ1n) is 9.71. The minimum absolute atomic E-state index is 0.0445. The zero-order valence-electron chi connectivity index (χ0n) is 17.8. The van der Waals surface area contributed by atoms with Crippen molar-refractivity contribution in [1.29, 1.82) is 0 Å². The first kappa shape index (κ1) is 22.4. The van der Waals surface area contributed by atoms with Gasteiger partial charge in [0.25, 0.3) is 10.0 Å². The molecule has 0 unspecified atom stereocenters. The van der Waals surface area contributed by atoms with Gasteiger partial charge in [0.15, 0.2) is 0 Å². The van der Waals surface area contributed by atoms with Crippen molar-refractivity contribution < 1.29 is 27.5 Å². The molecule has 2 aromatic carbocycles. The quantitative estimate of drug-likeness (QED) is 0.700. The Kier molecular flexibility index (Phi) is 6.40. The molecule has 9 nitrogen and oxygen atoms in total. The number of anilines is 2. The molecule has 3 rings (SSSR count). The lowest BCUT2D eigenvalue weighted by atomic mass is 10.2. The van der Waals surface area contributed by atoms with Gasteiger partial charge in [-0.15, -0.1) is 0 Å². The second-order valence-electron chi connectivity index (χ2n) is 7.05. The molecule has 1 heterocycles. The predicted molar refractivity (Wildman–Crippen MR) is 116 cm³/mol. The summed E-state index contributed by atoms with van der Waals surface area (Å²) < 4.78 is 37.8. The van der Waals surface area contributed by atoms with Crippen molar-refractivity contribution in [3.8, 4) is 11.5 Å². The molecule has 0 bridgehead atoms. The number of fused-ring (bicyclic) bond motifs is 1. The first-order chi connectivity index (χ1) is 14.7. The molecule has 0 saturated carbocycles. The highest BCUT2D eigenvalue weighted by atomic mass is 32.2. The number of rotatable bonds is 7. The third kappa shape index (κ3) is 4.29. The van der Waals surface area contributed by atoms with Crippen molar-refractivity contribution in [2.75, 3.05) is 30.0 Å². The number of carbonyl (C=O) groups excluding carboxylic acids is 2. The number of carbonyl (C=O) groups is 2. The molecule has 3 amide bonds. The fourth-order valence-corrected chi connectivity index (χ4v) is 4.77. The molecule has 166 valence electrons. The lowest BCUT2D eigenvalue weighted by molar-refractivity contribution is -0.120. The summed E-state index contributed by atoms with van der Waals surface area (Å²) in [6.45, 7) is 3.45. The second-order valence-corrected chi connectivity index (χ2v) is 8.81. The number of methoxy groups -OCH3 is 2. The van der Waals surface area contributed by atoms with Gasteiger partial charge in [-0.3, -0.25) is 9.69 Å². The van der Waals surface area contributed by atoms with E-state index in [1.54, 1.807) is 18.2 Å². The lowest BCUT2D eigenvalue weighted by Crippen LogP contribution is -2.54. The SMILES string of the molecule is CC[C@@H](C)NC(=O)CN1C(=O)N(c2cc(OC)cc(OC)c2)S(=O)(=O)c2ccccc21. The number of hydrogen-bond donors (Lipinski definition) is 1. The van der Waals surface area contributed by atoms with E-state index in [1.165, 1.54) is 38.5 Å². The maximum Gasteiger partial charge on any atom is 0.343 e. The maximum atomic E-state index is 13.4. The Labute approximate surface area is 181 Å². The number of nitrogens with one attached hydrogen (secondary N) is 1. The summed E-state index contributed by atoms with van der Waals surface area (Å²) >= 11 is 0. The minimum atomic E-state index is -4.23. The number of benzene rings is 2. The van der Waals surface area contributed by atoms with Crippen molar-refractivity contribution in [1.82, 2.24) is 5.32 Å². The van der Waals surface area contributed by atoms with Crippen LogP contribution in [-0.2, 0) is 14.8 Å². The Balaban J connectivity index is 2.12. The van der Waals surface area contributed by atoms with E-state index in [0.717, 1.165) is 11.3 Å². The van der Waals surface area contributed by atoms with Gasteiger partial charge in [0, 0.05) is 24.2 Å². The molecule has 0 saturated heterocycles. The largest absolute Gasteiger partial charge is 0.497 e. The standard InChI is InChI=1S/C21H25N3O6S/c1-5-14(2)22-20(25)13-23-18-8-6-7-9-19(18)31(27,28)24(21(23)26)15-10-16(29-3)12-17(11-15)30-4/h6-12,14H,5,13H2,1-4H3,(H,22,25)/t14-/m1/s1. The molecule has 0 radical (unpaired) electrons. The van der Waals surface area contributed by atoms with Crippen LogP contribution in [0.25, 0.3) is 0 Å². The number of nitrogens with zero attached hydrogens (tertiary/aromatic N) is 2. The summed E-state index contributed by atoms with van der Waals surface area (Å²) in [5, 5.41) is 2.80. The summed E-state index contributed by atoms with van der Waals surface area (Å²) in [5.41, 5.74) is 0.195. The average Bonchev–Trinajstić information content (AvgIpc) is 2.76. The molecule has 0 aliphatic carbocycles. The molecule has 1 aliphatic rings. The molecule has 10 heteroatoms. The Hall–Kier alpha value is -3.27. The highest BCUT2D eigenvalue weighted by molar-refractivity contribution is 7.94. The van der Waals surface area contributed by atoms with Gasteiger partial charge in [0.2, 0.25) is 5.91 Å². The fourth-order valence-electron chi connectivity index (χ4n) is 3.19.